The van der Waals surface area contributed by atoms with E-state index in [1.807, 2.05) is 103 Å². The number of hydrogen-bond donors (Lipinski definition) is 6. The van der Waals surface area contributed by atoms with Gasteiger partial charge in [-0.3, -0.25) is 25.5 Å². The van der Waals surface area contributed by atoms with Crippen LogP contribution in [0.1, 0.15) is 46.5 Å². The number of halogens is 1. The number of carbonyl (C=O) groups is 2. The molecule has 0 aliphatic rings. The zero-order valence-corrected chi connectivity index (χ0v) is 40.2. The summed E-state index contributed by atoms with van der Waals surface area (Å²) in [6.45, 7) is 0. The summed E-state index contributed by atoms with van der Waals surface area (Å²) in [7, 11) is 0. The average Bonchev–Trinajstić information content (AvgIpc) is 4.27. The number of hydrazine groups is 1. The van der Waals surface area contributed by atoms with Crippen molar-refractivity contribution in [2.45, 2.75) is 27.7 Å². The number of anilines is 2. The number of amides is 1. The monoisotopic (exact) mass is 1080 g/mol. The van der Waals surface area contributed by atoms with Crippen molar-refractivity contribution >= 4 is 104 Å². The zero-order valence-electron chi connectivity index (χ0n) is 36.2. The Morgan fingerprint density at radius 3 is 1.43 bits per heavy atom. The van der Waals surface area contributed by atoms with E-state index in [0.29, 0.717) is 17.3 Å². The first-order chi connectivity index (χ1) is 34.2. The SMILES string of the molecule is C.C.N#CBr.NNC(=O)Cc1nc2ccc(-c3ccccc3)cc2s1.Nc1nnc(C(=O)c2nc3ccc(-c4ccccc4)cc3s2)o1.Nc1nnc(Cc2nc3ccc(-c4ccccc4)cc3s2)o1.OO. The number of fused-ring (bicyclic) bond motifs is 3. The number of nitrogens with zero attached hydrogens (tertiary/aromatic N) is 8. The highest BCUT2D eigenvalue weighted by molar-refractivity contribution is 9.12. The molecule has 0 saturated heterocycles. The van der Waals surface area contributed by atoms with Gasteiger partial charge in [-0.2, -0.15) is 5.26 Å². The summed E-state index contributed by atoms with van der Waals surface area (Å²) in [4.78, 5) is 38.5. The number of benzene rings is 6. The predicted octanol–water partition coefficient (Wildman–Crippen LogP) is 11.3. The molecule has 5 heterocycles. The second kappa shape index (κ2) is 26.7. The maximum Gasteiger partial charge on any atom is 0.313 e. The molecule has 0 unspecified atom stereocenters. The summed E-state index contributed by atoms with van der Waals surface area (Å²) in [6, 6.07) is 48.8. The van der Waals surface area contributed by atoms with Gasteiger partial charge in [-0.25, -0.2) is 20.8 Å². The molecule has 11 rings (SSSR count). The number of hydrogen-bond acceptors (Lipinski definition) is 20. The summed E-state index contributed by atoms with van der Waals surface area (Å²) < 4.78 is 13.3. The third-order valence-corrected chi connectivity index (χ3v) is 12.7. The van der Waals surface area contributed by atoms with Crippen LogP contribution >= 0.6 is 49.9 Å². The molecule has 0 radical (unpaired) electrons. The Morgan fingerprint density at radius 1 is 0.583 bits per heavy atom. The molecule has 0 spiro atoms. The van der Waals surface area contributed by atoms with E-state index in [1.54, 1.807) is 16.3 Å². The van der Waals surface area contributed by atoms with Crippen LogP contribution in [0.15, 0.2) is 154 Å². The van der Waals surface area contributed by atoms with Gasteiger partial charge in [0.25, 0.3) is 11.7 Å². The second-order valence-electron chi connectivity index (χ2n) is 14.2. The van der Waals surface area contributed by atoms with Gasteiger partial charge in [0.05, 0.1) is 43.5 Å². The molecule has 366 valence electrons. The topological polar surface area (TPSA) is 305 Å². The van der Waals surface area contributed by atoms with Crippen molar-refractivity contribution in [2.75, 3.05) is 11.5 Å². The van der Waals surface area contributed by atoms with E-state index in [9.17, 15) is 9.59 Å². The minimum Gasteiger partial charge on any atom is -0.408 e. The minimum absolute atomic E-state index is 0. The third-order valence-electron chi connectivity index (χ3n) is 9.66. The molecule has 0 atom stereocenters. The maximum absolute atomic E-state index is 12.3. The molecule has 72 heavy (non-hydrogen) atoms. The van der Waals surface area contributed by atoms with Crippen LogP contribution in [0.4, 0.5) is 12.0 Å². The molecule has 6 aromatic carbocycles. The second-order valence-corrected chi connectivity index (χ2v) is 17.8. The van der Waals surface area contributed by atoms with Gasteiger partial charge in [-0.15, -0.1) is 44.2 Å². The van der Waals surface area contributed by atoms with Crippen LogP contribution in [-0.4, -0.2) is 57.6 Å². The fourth-order valence-electron chi connectivity index (χ4n) is 6.62. The Hall–Kier alpha value is -8.14. The number of ketones is 1. The van der Waals surface area contributed by atoms with E-state index in [-0.39, 0.29) is 45.1 Å². The van der Waals surface area contributed by atoms with Crippen LogP contribution in [-0.2, 0) is 17.6 Å². The Labute approximate surface area is 432 Å². The summed E-state index contributed by atoms with van der Waals surface area (Å²) in [5.41, 5.74) is 22.4. The van der Waals surface area contributed by atoms with Gasteiger partial charge in [0.15, 0.2) is 5.01 Å². The number of nitrogens with one attached hydrogen (secondary N) is 1. The van der Waals surface area contributed by atoms with Crippen molar-refractivity contribution < 1.29 is 28.9 Å². The largest absolute Gasteiger partial charge is 0.408 e. The molecule has 0 bridgehead atoms. The number of nitriles is 1. The summed E-state index contributed by atoms with van der Waals surface area (Å²) in [5, 5.41) is 35.9. The molecule has 0 fully saturated rings. The number of rotatable bonds is 9. The van der Waals surface area contributed by atoms with Crippen molar-refractivity contribution in [3.63, 3.8) is 0 Å². The molecule has 22 heteroatoms. The molecule has 0 aliphatic carbocycles. The standard InChI is InChI=1S/C16H10N4O2S.C16H12N4OS.C15H13N3OS.CBrN.2CH4.H2O2/c17-16-20-19-14(22-16)13(21)15-18-11-7-6-10(8-12(11)23-15)9-4-2-1-3-5-9;17-16-20-19-14(21-16)9-15-18-12-7-6-11(8-13(12)22-15)10-4-2-1-3-5-10;16-18-14(19)9-15-17-12-7-6-11(8-13(12)20-15)10-4-2-1-3-5-10;2-1-3;;;1-2/h1-8H,(H2,17,20);1-8H,9H2,(H2,17,20);1-8H,9,16H2,(H,18,19);;2*1H4;1-2H. The van der Waals surface area contributed by atoms with E-state index < -0.39 is 5.78 Å². The molecule has 5 aromatic heterocycles. The van der Waals surface area contributed by atoms with Crippen molar-refractivity contribution in [1.82, 2.24) is 40.8 Å². The maximum atomic E-state index is 12.3. The van der Waals surface area contributed by atoms with Gasteiger partial charge >= 0.3 is 12.0 Å². The van der Waals surface area contributed by atoms with Crippen LogP contribution in [0, 0.1) is 10.2 Å². The number of thiazole rings is 3. The predicted molar refractivity (Wildman–Crippen MR) is 288 cm³/mol. The third kappa shape index (κ3) is 14.2. The quantitative estimate of drug-likeness (QED) is 0.0257. The fraction of sp³-hybridized carbons (Fsp3) is 0.0800. The van der Waals surface area contributed by atoms with E-state index >= 15 is 0 Å². The van der Waals surface area contributed by atoms with E-state index in [1.165, 1.54) is 39.4 Å². The molecule has 0 saturated carbocycles. The van der Waals surface area contributed by atoms with Crippen molar-refractivity contribution in [3.05, 3.63) is 172 Å². The van der Waals surface area contributed by atoms with Gasteiger partial charge in [0.1, 0.15) is 15.0 Å². The van der Waals surface area contributed by atoms with Crippen molar-refractivity contribution in [1.29, 1.82) is 5.26 Å². The van der Waals surface area contributed by atoms with Crippen molar-refractivity contribution in [2.24, 2.45) is 5.84 Å². The number of nitrogens with two attached hydrogens (primary N) is 3. The van der Waals surface area contributed by atoms with Crippen LogP contribution < -0.4 is 22.7 Å². The summed E-state index contributed by atoms with van der Waals surface area (Å²) in [5.74, 6) is 4.78. The molecule has 18 nitrogen and oxygen atoms in total. The van der Waals surface area contributed by atoms with Gasteiger partial charge in [0, 0.05) is 15.9 Å². The number of nitrogen functional groups attached to an aromatic ring is 2. The Kier molecular flexibility index (Phi) is 20.3. The average molecular weight is 1090 g/mol. The number of aromatic nitrogens is 7. The highest BCUT2D eigenvalue weighted by Gasteiger charge is 2.21. The number of carbonyl (C=O) groups excluding carboxylic acids is 2. The summed E-state index contributed by atoms with van der Waals surface area (Å²) in [6.07, 6.45) is 0.723. The van der Waals surface area contributed by atoms with Crippen LogP contribution in [0.2, 0.25) is 0 Å². The lowest BCUT2D eigenvalue weighted by Gasteiger charge is -2.00. The molecular formula is C50H45BrN12O6S3. The first kappa shape index (κ1) is 54.8. The minimum atomic E-state index is -0.420. The lowest BCUT2D eigenvalue weighted by molar-refractivity contribution is -0.176. The zero-order chi connectivity index (χ0) is 49.4. The summed E-state index contributed by atoms with van der Waals surface area (Å²) >= 11 is 6.89. The van der Waals surface area contributed by atoms with Crippen molar-refractivity contribution in [3.8, 4) is 38.4 Å². The normalized spacial score (nSPS) is 10.0. The highest BCUT2D eigenvalue weighted by Crippen LogP contribution is 2.32. The van der Waals surface area contributed by atoms with E-state index in [0.717, 1.165) is 57.4 Å². The molecular weight excluding hydrogens is 1040 g/mol. The smallest absolute Gasteiger partial charge is 0.313 e. The van der Waals surface area contributed by atoms with E-state index in [2.05, 4.69) is 99.2 Å². The van der Waals surface area contributed by atoms with Gasteiger partial charge in [-0.05, 0) is 69.8 Å². The first-order valence-corrected chi connectivity index (χ1v) is 23.7. The van der Waals surface area contributed by atoms with Crippen LogP contribution in [0.5, 0.6) is 0 Å². The Morgan fingerprint density at radius 2 is 1.00 bits per heavy atom. The van der Waals surface area contributed by atoms with Crippen LogP contribution in [0.3, 0.4) is 0 Å². The van der Waals surface area contributed by atoms with E-state index in [4.69, 9.17) is 41.9 Å². The molecule has 11 aromatic rings. The van der Waals surface area contributed by atoms with Gasteiger partial charge in [-0.1, -0.05) is 134 Å². The first-order valence-electron chi connectivity index (χ1n) is 20.4. The fourth-order valence-corrected chi connectivity index (χ4v) is 9.56. The van der Waals surface area contributed by atoms with Crippen LogP contribution in [0.25, 0.3) is 64.0 Å². The molecule has 0 aliphatic heterocycles. The highest BCUT2D eigenvalue weighted by atomic mass is 79.9. The lowest BCUT2D eigenvalue weighted by atomic mass is 10.1. The molecule has 9 N–H and O–H groups in total. The van der Waals surface area contributed by atoms with Gasteiger partial charge < -0.3 is 20.3 Å². The Balaban J connectivity index is 0.000000190. The molecule has 1 amide bonds. The Bertz CT molecular complexity index is 3530. The van der Waals surface area contributed by atoms with Gasteiger partial charge in [0.2, 0.25) is 11.8 Å². The lowest BCUT2D eigenvalue weighted by Crippen LogP contribution is -2.31.